The predicted molar refractivity (Wildman–Crippen MR) is 127 cm³/mol. The molecule has 0 amide bonds. The molecule has 0 aliphatic carbocycles. The normalized spacial score (nSPS) is 17.8. The second-order valence-corrected chi connectivity index (χ2v) is 8.80. The van der Waals surface area contributed by atoms with Crippen LogP contribution in [0, 0.1) is 11.8 Å². The molecule has 1 fully saturated rings. The average molecular weight is 399 g/mol. The molecular weight excluding hydrogens is 356 g/mol. The van der Waals surface area contributed by atoms with Crippen LogP contribution in [0.4, 0.5) is 5.69 Å². The van der Waals surface area contributed by atoms with Gasteiger partial charge in [0.1, 0.15) is 0 Å². The first-order valence-electron chi connectivity index (χ1n) is 11.5. The third-order valence-electron chi connectivity index (χ3n) is 5.62. The van der Waals surface area contributed by atoms with Gasteiger partial charge in [-0.15, -0.1) is 0 Å². The van der Waals surface area contributed by atoms with Crippen LogP contribution in [0.5, 0.6) is 0 Å². The first-order chi connectivity index (χ1) is 13.9. The number of allylic oxidation sites excluding steroid dienone is 2. The summed E-state index contributed by atoms with van der Waals surface area (Å²) in [6.45, 7) is 17.3. The highest BCUT2D eigenvalue weighted by molar-refractivity contribution is 5.86. The van der Waals surface area contributed by atoms with Crippen LogP contribution in [0.15, 0.2) is 41.0 Å². The maximum Gasteiger partial charge on any atom is 0.0661 e. The van der Waals surface area contributed by atoms with Crippen molar-refractivity contribution < 1.29 is 0 Å². The van der Waals surface area contributed by atoms with E-state index in [4.69, 9.17) is 10.7 Å². The van der Waals surface area contributed by atoms with E-state index in [-0.39, 0.29) is 0 Å². The molecule has 1 aromatic rings. The van der Waals surface area contributed by atoms with E-state index in [2.05, 4.69) is 74.8 Å². The lowest BCUT2D eigenvalue weighted by Gasteiger charge is -2.39. The summed E-state index contributed by atoms with van der Waals surface area (Å²) in [4.78, 5) is 10.1. The van der Waals surface area contributed by atoms with E-state index in [1.807, 2.05) is 0 Å². The summed E-state index contributed by atoms with van der Waals surface area (Å²) in [7, 11) is 0. The van der Waals surface area contributed by atoms with E-state index >= 15 is 0 Å². The van der Waals surface area contributed by atoms with E-state index < -0.39 is 0 Å². The highest BCUT2D eigenvalue weighted by Crippen LogP contribution is 2.23. The van der Waals surface area contributed by atoms with Crippen molar-refractivity contribution >= 4 is 11.4 Å². The maximum absolute atomic E-state index is 5.83. The fraction of sp³-hybridized carbons (Fsp3) is 0.640. The monoisotopic (exact) mass is 398 g/mol. The molecule has 0 bridgehead atoms. The molecule has 29 heavy (non-hydrogen) atoms. The second kappa shape index (κ2) is 12.1. The standard InChI is InChI=1S/C25H42N4/c1-6-9-23-10-7-8-11-24(23)27-22(5)19-28-14-16-29(17-15-28)25(18-20(2)3)21(4)12-13-26/h7-8,10-11,18,20-21H,6,9,12-17,19,26H2,1-5H3/b25-18+,27-22?. The van der Waals surface area contributed by atoms with Gasteiger partial charge in [0.25, 0.3) is 0 Å². The largest absolute Gasteiger partial charge is 0.372 e. The number of hydrogen-bond acceptors (Lipinski definition) is 4. The number of nitrogens with zero attached hydrogens (tertiary/aromatic N) is 3. The first kappa shape index (κ1) is 23.6. The number of hydrogen-bond donors (Lipinski definition) is 1. The summed E-state index contributed by atoms with van der Waals surface area (Å²) in [5, 5.41) is 0. The number of aliphatic imine (C=N–C) groups is 1. The number of para-hydroxylation sites is 1. The van der Waals surface area contributed by atoms with Crippen molar-refractivity contribution in [2.24, 2.45) is 22.6 Å². The molecule has 0 saturated carbocycles. The Morgan fingerprint density at radius 3 is 2.45 bits per heavy atom. The molecular formula is C25H42N4. The van der Waals surface area contributed by atoms with E-state index in [1.54, 1.807) is 0 Å². The summed E-state index contributed by atoms with van der Waals surface area (Å²) >= 11 is 0. The molecule has 1 aromatic carbocycles. The van der Waals surface area contributed by atoms with Crippen molar-refractivity contribution in [3.05, 3.63) is 41.6 Å². The topological polar surface area (TPSA) is 44.9 Å². The minimum atomic E-state index is 0.535. The van der Waals surface area contributed by atoms with Crippen LogP contribution >= 0.6 is 0 Å². The Kier molecular flexibility index (Phi) is 9.89. The van der Waals surface area contributed by atoms with Crippen LogP contribution in [0.3, 0.4) is 0 Å². The minimum absolute atomic E-state index is 0.535. The van der Waals surface area contributed by atoms with Crippen molar-refractivity contribution in [2.75, 3.05) is 39.3 Å². The van der Waals surface area contributed by atoms with Crippen molar-refractivity contribution in [3.63, 3.8) is 0 Å². The van der Waals surface area contributed by atoms with Gasteiger partial charge in [-0.25, -0.2) is 0 Å². The molecule has 4 nitrogen and oxygen atoms in total. The van der Waals surface area contributed by atoms with Gasteiger partial charge in [-0.1, -0.05) is 58.4 Å². The van der Waals surface area contributed by atoms with Gasteiger partial charge in [-0.2, -0.15) is 0 Å². The van der Waals surface area contributed by atoms with Gasteiger partial charge in [0, 0.05) is 44.1 Å². The van der Waals surface area contributed by atoms with Crippen molar-refractivity contribution in [3.8, 4) is 0 Å². The summed E-state index contributed by atoms with van der Waals surface area (Å²) in [6, 6.07) is 8.56. The summed E-state index contributed by atoms with van der Waals surface area (Å²) in [5.74, 6) is 1.10. The number of aryl methyl sites for hydroxylation is 1. The van der Waals surface area contributed by atoms with E-state index in [1.165, 1.54) is 17.0 Å². The Morgan fingerprint density at radius 2 is 1.83 bits per heavy atom. The fourth-order valence-electron chi connectivity index (χ4n) is 4.15. The first-order valence-corrected chi connectivity index (χ1v) is 11.5. The van der Waals surface area contributed by atoms with Crippen LogP contribution in [-0.2, 0) is 6.42 Å². The highest BCUT2D eigenvalue weighted by atomic mass is 15.3. The highest BCUT2D eigenvalue weighted by Gasteiger charge is 2.22. The average Bonchev–Trinajstić information content (AvgIpc) is 2.68. The Hall–Kier alpha value is -1.65. The van der Waals surface area contributed by atoms with Crippen LogP contribution in [0.1, 0.15) is 53.0 Å². The molecule has 0 spiro atoms. The molecule has 1 heterocycles. The summed E-state index contributed by atoms with van der Waals surface area (Å²) < 4.78 is 0. The van der Waals surface area contributed by atoms with Crippen molar-refractivity contribution in [2.45, 2.75) is 53.9 Å². The van der Waals surface area contributed by atoms with Crippen molar-refractivity contribution in [1.82, 2.24) is 9.80 Å². The molecule has 162 valence electrons. The lowest BCUT2D eigenvalue weighted by Crippen LogP contribution is -2.48. The summed E-state index contributed by atoms with van der Waals surface area (Å²) in [5.41, 5.74) is 11.0. The smallest absolute Gasteiger partial charge is 0.0661 e. The lowest BCUT2D eigenvalue weighted by molar-refractivity contribution is 0.163. The Morgan fingerprint density at radius 1 is 1.14 bits per heavy atom. The van der Waals surface area contributed by atoms with Crippen LogP contribution in [-0.4, -0.2) is 54.8 Å². The molecule has 4 heteroatoms. The van der Waals surface area contributed by atoms with Gasteiger partial charge in [0.15, 0.2) is 0 Å². The Bertz CT molecular complexity index is 669. The van der Waals surface area contributed by atoms with E-state index in [0.717, 1.165) is 64.2 Å². The Labute approximate surface area is 178 Å². The molecule has 0 aromatic heterocycles. The molecule has 2 rings (SSSR count). The van der Waals surface area contributed by atoms with Crippen molar-refractivity contribution in [1.29, 1.82) is 0 Å². The Balaban J connectivity index is 1.96. The molecule has 2 N–H and O–H groups in total. The maximum atomic E-state index is 5.83. The van der Waals surface area contributed by atoms with Gasteiger partial charge in [0.2, 0.25) is 0 Å². The van der Waals surface area contributed by atoms with Gasteiger partial charge < -0.3 is 10.6 Å². The van der Waals surface area contributed by atoms with Gasteiger partial charge in [0.05, 0.1) is 5.69 Å². The molecule has 1 unspecified atom stereocenters. The van der Waals surface area contributed by atoms with E-state index in [0.29, 0.717) is 11.8 Å². The molecule has 1 saturated heterocycles. The van der Waals surface area contributed by atoms with Gasteiger partial charge in [-0.3, -0.25) is 9.89 Å². The fourth-order valence-corrected chi connectivity index (χ4v) is 4.15. The molecule has 1 aliphatic rings. The summed E-state index contributed by atoms with van der Waals surface area (Å²) in [6.07, 6.45) is 5.75. The lowest BCUT2D eigenvalue weighted by atomic mass is 9.98. The van der Waals surface area contributed by atoms with Gasteiger partial charge in [-0.05, 0) is 49.8 Å². The zero-order chi connectivity index (χ0) is 21.2. The number of nitrogens with two attached hydrogens (primary N) is 1. The minimum Gasteiger partial charge on any atom is -0.372 e. The number of benzene rings is 1. The number of piperazine rings is 1. The molecule has 1 atom stereocenters. The predicted octanol–water partition coefficient (Wildman–Crippen LogP) is 4.87. The SMILES string of the molecule is CCCc1ccccc1N=C(C)CN1CCN(/C(=C/C(C)C)C(C)CCN)CC1. The van der Waals surface area contributed by atoms with Crippen LogP contribution in [0.25, 0.3) is 0 Å². The van der Waals surface area contributed by atoms with Crippen LogP contribution < -0.4 is 5.73 Å². The van der Waals surface area contributed by atoms with Crippen LogP contribution in [0.2, 0.25) is 0 Å². The molecule has 1 aliphatic heterocycles. The number of rotatable bonds is 10. The second-order valence-electron chi connectivity index (χ2n) is 8.80. The molecule has 0 radical (unpaired) electrons. The van der Waals surface area contributed by atoms with Gasteiger partial charge >= 0.3 is 0 Å². The zero-order valence-corrected chi connectivity index (χ0v) is 19.3. The van der Waals surface area contributed by atoms with E-state index in [9.17, 15) is 0 Å². The quantitative estimate of drug-likeness (QED) is 0.572. The third-order valence-corrected chi connectivity index (χ3v) is 5.62. The third kappa shape index (κ3) is 7.60. The zero-order valence-electron chi connectivity index (χ0n) is 19.3.